The van der Waals surface area contributed by atoms with E-state index in [0.717, 1.165) is 50.0 Å². The first-order valence-electron chi connectivity index (χ1n) is 9.09. The minimum atomic E-state index is -0.637. The Kier molecular flexibility index (Phi) is 3.07. The van der Waals surface area contributed by atoms with Crippen LogP contribution in [0.1, 0.15) is 53.1 Å². The van der Waals surface area contributed by atoms with E-state index in [1.807, 2.05) is 17.0 Å². The Bertz CT molecular complexity index is 651. The van der Waals surface area contributed by atoms with E-state index in [9.17, 15) is 9.90 Å². The van der Waals surface area contributed by atoms with Gasteiger partial charge in [-0.25, -0.2) is 0 Å². The van der Waals surface area contributed by atoms with Crippen LogP contribution in [0.2, 0.25) is 0 Å². The fourth-order valence-corrected chi connectivity index (χ4v) is 5.46. The molecule has 0 aromatic heterocycles. The Hall–Kier alpha value is -1.39. The molecule has 1 amide bonds. The number of benzene rings is 1. The van der Waals surface area contributed by atoms with Gasteiger partial charge in [0.15, 0.2) is 0 Å². The average molecular weight is 312 g/mol. The third kappa shape index (κ3) is 1.94. The zero-order valence-electron chi connectivity index (χ0n) is 13.4. The van der Waals surface area contributed by atoms with Crippen molar-refractivity contribution >= 4 is 5.91 Å². The standard InChI is InChI=1S/C19H24N2O2/c22-18-14-5-1-3-13-4-2-6-15(17(13)14)19(23)21(18)16-11-20-9-7-12(16)8-10-20/h1,3,5,12,15-16,19,23H,2,4,6-11H2/t15?,16-,19+/m1/s1. The van der Waals surface area contributed by atoms with Crippen LogP contribution in [0.5, 0.6) is 0 Å². The molecule has 122 valence electrons. The number of hydrogen-bond donors (Lipinski definition) is 1. The van der Waals surface area contributed by atoms with Gasteiger partial charge in [-0.2, -0.15) is 0 Å². The number of aryl methyl sites for hydroxylation is 1. The van der Waals surface area contributed by atoms with Crippen LogP contribution in [0.4, 0.5) is 0 Å². The molecule has 1 aromatic carbocycles. The van der Waals surface area contributed by atoms with Gasteiger partial charge in [0.05, 0.1) is 6.04 Å². The van der Waals surface area contributed by atoms with Crippen LogP contribution in [0.15, 0.2) is 18.2 Å². The van der Waals surface area contributed by atoms with Gasteiger partial charge in [-0.15, -0.1) is 0 Å². The zero-order chi connectivity index (χ0) is 15.6. The van der Waals surface area contributed by atoms with Crippen molar-refractivity contribution < 1.29 is 9.90 Å². The number of hydrogen-bond acceptors (Lipinski definition) is 3. The summed E-state index contributed by atoms with van der Waals surface area (Å²) in [5.41, 5.74) is 3.28. The van der Waals surface area contributed by atoms with Gasteiger partial charge in [-0.05, 0) is 68.3 Å². The first kappa shape index (κ1) is 14.0. The molecule has 1 unspecified atom stereocenters. The van der Waals surface area contributed by atoms with Gasteiger partial charge in [-0.3, -0.25) is 4.79 Å². The van der Waals surface area contributed by atoms with Crippen molar-refractivity contribution in [1.29, 1.82) is 0 Å². The number of piperidine rings is 3. The lowest BCUT2D eigenvalue weighted by molar-refractivity contribution is -0.0781. The van der Waals surface area contributed by atoms with Crippen LogP contribution in [0, 0.1) is 5.92 Å². The molecular weight excluding hydrogens is 288 g/mol. The van der Waals surface area contributed by atoms with Gasteiger partial charge < -0.3 is 14.9 Å². The molecule has 4 aliphatic heterocycles. The van der Waals surface area contributed by atoms with Crippen molar-refractivity contribution in [2.75, 3.05) is 19.6 Å². The smallest absolute Gasteiger partial charge is 0.256 e. The fourth-order valence-electron chi connectivity index (χ4n) is 5.46. The predicted octanol–water partition coefficient (Wildman–Crippen LogP) is 1.97. The molecule has 4 heterocycles. The summed E-state index contributed by atoms with van der Waals surface area (Å²) < 4.78 is 0. The number of rotatable bonds is 1. The minimum absolute atomic E-state index is 0.0613. The van der Waals surface area contributed by atoms with Crippen LogP contribution < -0.4 is 0 Å². The van der Waals surface area contributed by atoms with E-state index >= 15 is 0 Å². The van der Waals surface area contributed by atoms with Crippen molar-refractivity contribution in [1.82, 2.24) is 9.80 Å². The van der Waals surface area contributed by atoms with Crippen molar-refractivity contribution in [3.8, 4) is 0 Å². The number of aliphatic hydroxyl groups is 1. The second-order valence-corrected chi connectivity index (χ2v) is 7.71. The summed E-state index contributed by atoms with van der Waals surface area (Å²) in [4.78, 5) is 17.5. The highest BCUT2D eigenvalue weighted by atomic mass is 16.3. The van der Waals surface area contributed by atoms with Gasteiger partial charge in [0, 0.05) is 18.0 Å². The molecule has 3 atom stereocenters. The Balaban J connectivity index is 1.58. The van der Waals surface area contributed by atoms with Gasteiger partial charge >= 0.3 is 0 Å². The Morgan fingerprint density at radius 2 is 1.96 bits per heavy atom. The van der Waals surface area contributed by atoms with Gasteiger partial charge in [0.1, 0.15) is 6.23 Å². The second kappa shape index (κ2) is 5.05. The number of aliphatic hydroxyl groups excluding tert-OH is 1. The summed E-state index contributed by atoms with van der Waals surface area (Å²) in [6, 6.07) is 6.31. The first-order chi connectivity index (χ1) is 11.2. The first-order valence-corrected chi connectivity index (χ1v) is 9.09. The highest BCUT2D eigenvalue weighted by molar-refractivity contribution is 5.98. The Morgan fingerprint density at radius 1 is 1.13 bits per heavy atom. The molecular formula is C19H24N2O2. The number of nitrogens with zero attached hydrogens (tertiary/aromatic N) is 2. The van der Waals surface area contributed by atoms with Crippen molar-refractivity contribution in [3.63, 3.8) is 0 Å². The third-order valence-electron chi connectivity index (χ3n) is 6.62. The quantitative estimate of drug-likeness (QED) is 0.862. The Labute approximate surface area is 137 Å². The average Bonchev–Trinajstić information content (AvgIpc) is 2.61. The largest absolute Gasteiger partial charge is 0.373 e. The van der Waals surface area contributed by atoms with E-state index in [-0.39, 0.29) is 17.9 Å². The summed E-state index contributed by atoms with van der Waals surface area (Å²) in [6.45, 7) is 3.25. The molecule has 2 bridgehead atoms. The van der Waals surface area contributed by atoms with Crippen LogP contribution in [-0.2, 0) is 6.42 Å². The van der Waals surface area contributed by atoms with Crippen LogP contribution in [-0.4, -0.2) is 52.7 Å². The van der Waals surface area contributed by atoms with E-state index in [2.05, 4.69) is 11.0 Å². The molecule has 3 saturated heterocycles. The van der Waals surface area contributed by atoms with Gasteiger partial charge in [0.25, 0.3) is 5.91 Å². The van der Waals surface area contributed by atoms with E-state index in [4.69, 9.17) is 0 Å². The molecule has 1 aromatic rings. The molecule has 3 fully saturated rings. The summed E-state index contributed by atoms with van der Waals surface area (Å²) in [7, 11) is 0. The summed E-state index contributed by atoms with van der Waals surface area (Å²) in [5.74, 6) is 0.737. The molecule has 23 heavy (non-hydrogen) atoms. The van der Waals surface area contributed by atoms with Crippen LogP contribution in [0.3, 0.4) is 0 Å². The van der Waals surface area contributed by atoms with Crippen LogP contribution in [0.25, 0.3) is 0 Å². The number of fused-ring (bicyclic) bond motifs is 3. The van der Waals surface area contributed by atoms with E-state index < -0.39 is 6.23 Å². The predicted molar refractivity (Wildman–Crippen MR) is 87.2 cm³/mol. The monoisotopic (exact) mass is 312 g/mol. The van der Waals surface area contributed by atoms with Crippen molar-refractivity contribution in [2.45, 2.75) is 50.3 Å². The molecule has 6 rings (SSSR count). The van der Waals surface area contributed by atoms with E-state index in [1.165, 1.54) is 18.4 Å². The molecule has 4 heteroatoms. The SMILES string of the molecule is O=C1c2cccc3c2C(CCC3)[C@H](O)N1[C@@H]1CN2CCC1CC2. The maximum Gasteiger partial charge on any atom is 0.256 e. The summed E-state index contributed by atoms with van der Waals surface area (Å²) >= 11 is 0. The number of carbonyl (C=O) groups is 1. The lowest BCUT2D eigenvalue weighted by atomic mass is 9.74. The van der Waals surface area contributed by atoms with Gasteiger partial charge in [-0.1, -0.05) is 12.1 Å². The second-order valence-electron chi connectivity index (χ2n) is 7.71. The highest BCUT2D eigenvalue weighted by Gasteiger charge is 2.48. The Morgan fingerprint density at radius 3 is 2.70 bits per heavy atom. The maximum atomic E-state index is 13.2. The molecule has 0 radical (unpaired) electrons. The summed E-state index contributed by atoms with van der Waals surface area (Å²) in [5, 5.41) is 11.1. The normalized spacial score (nSPS) is 38.6. The van der Waals surface area contributed by atoms with Crippen molar-refractivity contribution in [2.24, 2.45) is 5.92 Å². The lowest BCUT2D eigenvalue weighted by Crippen LogP contribution is -2.63. The number of carbonyl (C=O) groups excluding carboxylic acids is 1. The number of amides is 1. The topological polar surface area (TPSA) is 43.8 Å². The third-order valence-corrected chi connectivity index (χ3v) is 6.62. The van der Waals surface area contributed by atoms with E-state index in [0.29, 0.717) is 5.92 Å². The minimum Gasteiger partial charge on any atom is -0.373 e. The maximum absolute atomic E-state index is 13.2. The van der Waals surface area contributed by atoms with Crippen molar-refractivity contribution in [3.05, 3.63) is 34.9 Å². The van der Waals surface area contributed by atoms with Crippen LogP contribution >= 0.6 is 0 Å². The molecule has 1 aliphatic carbocycles. The summed E-state index contributed by atoms with van der Waals surface area (Å²) in [6.07, 6.45) is 4.84. The van der Waals surface area contributed by atoms with Gasteiger partial charge in [0.2, 0.25) is 0 Å². The zero-order valence-corrected chi connectivity index (χ0v) is 13.4. The molecule has 0 saturated carbocycles. The molecule has 1 N–H and O–H groups in total. The molecule has 5 aliphatic rings. The lowest BCUT2D eigenvalue weighted by Gasteiger charge is -2.53. The van der Waals surface area contributed by atoms with E-state index in [1.54, 1.807) is 0 Å². The molecule has 0 spiro atoms. The fraction of sp³-hybridized carbons (Fsp3) is 0.632. The molecule has 4 nitrogen and oxygen atoms in total. The highest BCUT2D eigenvalue weighted by Crippen LogP contribution is 2.44.